The minimum atomic E-state index is 0. The van der Waals surface area contributed by atoms with Gasteiger partial charge >= 0.3 is 0 Å². The van der Waals surface area contributed by atoms with Crippen LogP contribution in [-0.4, -0.2) is 42.8 Å². The average molecular weight is 521 g/mol. The Hall–Kier alpha value is -2.29. The van der Waals surface area contributed by atoms with Crippen molar-refractivity contribution >= 4 is 41.0 Å². The first-order valence-electron chi connectivity index (χ1n) is 10.1. The van der Waals surface area contributed by atoms with Gasteiger partial charge < -0.3 is 19.9 Å². The molecule has 30 heavy (non-hydrogen) atoms. The number of hydrogen-bond donors (Lipinski definition) is 2. The standard InChI is InChI=1S/C23H31N5O.HI/c1-17(19-10-5-8-13-22(19)29-4)16-26-23(24-3)25-14-9-15-28-18(2)27-20-11-6-7-12-21(20)28;/h5-8,10-13,17H,9,14-16H2,1-4H3,(H2,24,25,26);1H. The fourth-order valence-electron chi connectivity index (χ4n) is 3.58. The van der Waals surface area contributed by atoms with Crippen molar-refractivity contribution in [3.05, 3.63) is 59.9 Å². The second-order valence-electron chi connectivity index (χ2n) is 7.18. The lowest BCUT2D eigenvalue weighted by Gasteiger charge is -2.18. The summed E-state index contributed by atoms with van der Waals surface area (Å²) in [5.74, 6) is 3.11. The van der Waals surface area contributed by atoms with Crippen LogP contribution in [0.15, 0.2) is 53.5 Å². The van der Waals surface area contributed by atoms with E-state index < -0.39 is 0 Å². The molecule has 0 saturated carbocycles. The molecule has 162 valence electrons. The van der Waals surface area contributed by atoms with Gasteiger partial charge in [-0.25, -0.2) is 4.98 Å². The maximum absolute atomic E-state index is 5.47. The molecule has 0 fully saturated rings. The van der Waals surface area contributed by atoms with Crippen LogP contribution >= 0.6 is 24.0 Å². The van der Waals surface area contributed by atoms with Crippen molar-refractivity contribution in [2.45, 2.75) is 32.7 Å². The predicted molar refractivity (Wildman–Crippen MR) is 135 cm³/mol. The highest BCUT2D eigenvalue weighted by Crippen LogP contribution is 2.25. The van der Waals surface area contributed by atoms with E-state index in [9.17, 15) is 0 Å². The van der Waals surface area contributed by atoms with Gasteiger partial charge in [-0.1, -0.05) is 37.3 Å². The molecule has 0 aliphatic heterocycles. The number of imidazole rings is 1. The molecule has 0 aliphatic carbocycles. The van der Waals surface area contributed by atoms with E-state index in [1.165, 1.54) is 11.1 Å². The Bertz CT molecular complexity index is 969. The van der Waals surface area contributed by atoms with E-state index >= 15 is 0 Å². The number of methoxy groups -OCH3 is 1. The average Bonchev–Trinajstić information content (AvgIpc) is 3.08. The van der Waals surface area contributed by atoms with Crippen LogP contribution in [0.2, 0.25) is 0 Å². The van der Waals surface area contributed by atoms with Gasteiger partial charge in [-0.3, -0.25) is 4.99 Å². The number of aromatic nitrogens is 2. The zero-order valence-electron chi connectivity index (χ0n) is 18.2. The smallest absolute Gasteiger partial charge is 0.190 e. The minimum absolute atomic E-state index is 0. The van der Waals surface area contributed by atoms with Crippen molar-refractivity contribution < 1.29 is 4.74 Å². The van der Waals surface area contributed by atoms with Gasteiger partial charge in [0.15, 0.2) is 5.96 Å². The molecule has 1 aromatic heterocycles. The molecular weight excluding hydrogens is 489 g/mol. The molecule has 0 saturated heterocycles. The number of aliphatic imine (C=N–C) groups is 1. The number of aryl methyl sites for hydroxylation is 2. The van der Waals surface area contributed by atoms with Gasteiger partial charge in [-0.15, -0.1) is 24.0 Å². The van der Waals surface area contributed by atoms with Crippen LogP contribution in [0, 0.1) is 6.92 Å². The van der Waals surface area contributed by atoms with Gasteiger partial charge in [0, 0.05) is 32.6 Å². The Morgan fingerprint density at radius 3 is 2.63 bits per heavy atom. The van der Waals surface area contributed by atoms with E-state index in [1.807, 2.05) is 24.3 Å². The van der Waals surface area contributed by atoms with Crippen molar-refractivity contribution in [3.8, 4) is 5.75 Å². The van der Waals surface area contributed by atoms with Gasteiger partial charge in [-0.2, -0.15) is 0 Å². The number of para-hydroxylation sites is 3. The van der Waals surface area contributed by atoms with E-state index in [4.69, 9.17) is 4.74 Å². The lowest BCUT2D eigenvalue weighted by atomic mass is 10.0. The first-order valence-corrected chi connectivity index (χ1v) is 10.1. The van der Waals surface area contributed by atoms with E-state index in [1.54, 1.807) is 14.2 Å². The van der Waals surface area contributed by atoms with Crippen LogP contribution in [0.4, 0.5) is 0 Å². The molecule has 0 radical (unpaired) electrons. The molecule has 1 atom stereocenters. The van der Waals surface area contributed by atoms with E-state index in [-0.39, 0.29) is 24.0 Å². The third-order valence-electron chi connectivity index (χ3n) is 5.17. The Morgan fingerprint density at radius 1 is 1.13 bits per heavy atom. The summed E-state index contributed by atoms with van der Waals surface area (Å²) in [7, 11) is 3.52. The summed E-state index contributed by atoms with van der Waals surface area (Å²) in [6, 6.07) is 16.4. The molecule has 2 aromatic carbocycles. The van der Waals surface area contributed by atoms with E-state index in [0.29, 0.717) is 5.92 Å². The molecule has 6 nitrogen and oxygen atoms in total. The molecule has 0 spiro atoms. The number of hydrogen-bond acceptors (Lipinski definition) is 3. The second-order valence-corrected chi connectivity index (χ2v) is 7.18. The van der Waals surface area contributed by atoms with Crippen LogP contribution in [0.3, 0.4) is 0 Å². The summed E-state index contributed by atoms with van der Waals surface area (Å²) < 4.78 is 7.75. The van der Waals surface area contributed by atoms with Gasteiger partial charge in [0.2, 0.25) is 0 Å². The Kier molecular flexibility index (Phi) is 9.42. The number of halogens is 1. The number of ether oxygens (including phenoxy) is 1. The Morgan fingerprint density at radius 2 is 1.87 bits per heavy atom. The number of nitrogens with one attached hydrogen (secondary N) is 2. The lowest BCUT2D eigenvalue weighted by molar-refractivity contribution is 0.406. The number of fused-ring (bicyclic) bond motifs is 1. The topological polar surface area (TPSA) is 63.5 Å². The molecule has 2 N–H and O–H groups in total. The number of nitrogens with zero attached hydrogens (tertiary/aromatic N) is 3. The molecule has 1 heterocycles. The second kappa shape index (κ2) is 11.8. The quantitative estimate of drug-likeness (QED) is 0.201. The van der Waals surface area contributed by atoms with Crippen molar-refractivity contribution in [1.29, 1.82) is 0 Å². The fraction of sp³-hybridized carbons (Fsp3) is 0.391. The van der Waals surface area contributed by atoms with Gasteiger partial charge in [0.05, 0.1) is 18.1 Å². The largest absolute Gasteiger partial charge is 0.496 e. The third kappa shape index (κ3) is 5.87. The van der Waals surface area contributed by atoms with Crippen LogP contribution in [0.5, 0.6) is 5.75 Å². The molecule has 3 aromatic rings. The monoisotopic (exact) mass is 521 g/mol. The Labute approximate surface area is 196 Å². The summed E-state index contributed by atoms with van der Waals surface area (Å²) >= 11 is 0. The maximum Gasteiger partial charge on any atom is 0.190 e. The predicted octanol–water partition coefficient (Wildman–Crippen LogP) is 4.33. The Balaban J connectivity index is 0.00000320. The molecule has 3 rings (SSSR count). The lowest BCUT2D eigenvalue weighted by Crippen LogP contribution is -2.39. The molecular formula is C23H32IN5O. The van der Waals surface area contributed by atoms with E-state index in [0.717, 1.165) is 49.1 Å². The normalized spacial score (nSPS) is 12.3. The van der Waals surface area contributed by atoms with Crippen LogP contribution in [0.25, 0.3) is 11.0 Å². The van der Waals surface area contributed by atoms with Gasteiger partial charge in [-0.05, 0) is 37.1 Å². The van der Waals surface area contributed by atoms with Crippen molar-refractivity contribution in [1.82, 2.24) is 20.2 Å². The van der Waals surface area contributed by atoms with Crippen LogP contribution in [0.1, 0.15) is 30.7 Å². The number of benzene rings is 2. The fourth-order valence-corrected chi connectivity index (χ4v) is 3.58. The first-order chi connectivity index (χ1) is 14.1. The summed E-state index contributed by atoms with van der Waals surface area (Å²) in [6.07, 6.45) is 0.990. The first kappa shape index (κ1) is 24.0. The summed E-state index contributed by atoms with van der Waals surface area (Å²) in [5, 5.41) is 6.83. The van der Waals surface area contributed by atoms with Crippen molar-refractivity contribution in [3.63, 3.8) is 0 Å². The zero-order chi connectivity index (χ0) is 20.6. The zero-order valence-corrected chi connectivity index (χ0v) is 20.5. The minimum Gasteiger partial charge on any atom is -0.496 e. The molecule has 0 aliphatic rings. The van der Waals surface area contributed by atoms with Crippen LogP contribution in [-0.2, 0) is 6.54 Å². The number of guanidine groups is 1. The van der Waals surface area contributed by atoms with Crippen LogP contribution < -0.4 is 15.4 Å². The van der Waals surface area contributed by atoms with Gasteiger partial charge in [0.25, 0.3) is 0 Å². The van der Waals surface area contributed by atoms with Crippen molar-refractivity contribution in [2.75, 3.05) is 27.2 Å². The molecule has 7 heteroatoms. The van der Waals surface area contributed by atoms with Crippen molar-refractivity contribution in [2.24, 2.45) is 4.99 Å². The van der Waals surface area contributed by atoms with Gasteiger partial charge in [0.1, 0.15) is 11.6 Å². The summed E-state index contributed by atoms with van der Waals surface area (Å²) in [6.45, 7) is 6.80. The SMILES string of the molecule is CN=C(NCCCn1c(C)nc2ccccc21)NCC(C)c1ccccc1OC.I. The highest BCUT2D eigenvalue weighted by atomic mass is 127. The molecule has 0 amide bonds. The van der Waals surface area contributed by atoms with E-state index in [2.05, 4.69) is 63.3 Å². The summed E-state index contributed by atoms with van der Waals surface area (Å²) in [5.41, 5.74) is 3.44. The highest BCUT2D eigenvalue weighted by Gasteiger charge is 2.11. The maximum atomic E-state index is 5.47. The molecule has 1 unspecified atom stereocenters. The number of rotatable bonds is 8. The highest BCUT2D eigenvalue weighted by molar-refractivity contribution is 14.0. The summed E-state index contributed by atoms with van der Waals surface area (Å²) in [4.78, 5) is 8.97. The molecule has 0 bridgehead atoms. The third-order valence-corrected chi connectivity index (χ3v) is 5.17.